The monoisotopic (exact) mass is 341 g/mol. The highest BCUT2D eigenvalue weighted by Gasteiger charge is 2.19. The Kier molecular flexibility index (Phi) is 4.14. The van der Waals surface area contributed by atoms with Crippen molar-refractivity contribution in [2.45, 2.75) is 0 Å². The van der Waals surface area contributed by atoms with E-state index in [1.165, 1.54) is 30.3 Å². The number of aromatic nitrogens is 1. The average molecular weight is 342 g/mol. The summed E-state index contributed by atoms with van der Waals surface area (Å²) in [5.41, 5.74) is -0.278. The highest BCUT2D eigenvalue weighted by atomic mass is 79.9. The maximum atomic E-state index is 13.0. The molecule has 0 aliphatic rings. The first-order valence-electron chi connectivity index (χ1n) is 5.47. The third-order valence-electron chi connectivity index (χ3n) is 2.39. The molecule has 1 aromatic carbocycles. The summed E-state index contributed by atoms with van der Waals surface area (Å²) in [7, 11) is 1.63. The molecule has 20 heavy (non-hydrogen) atoms. The molecule has 2 aromatic rings. The van der Waals surface area contributed by atoms with Gasteiger partial charge in [-0.2, -0.15) is 4.98 Å². The number of benzene rings is 1. The number of hydrogen-bond donors (Lipinski definition) is 1. The Balaban J connectivity index is 2.43. The first-order valence-corrected chi connectivity index (χ1v) is 6.26. The van der Waals surface area contributed by atoms with Crippen molar-refractivity contribution in [2.24, 2.45) is 0 Å². The zero-order valence-corrected chi connectivity index (χ0v) is 11.8. The molecule has 0 unspecified atom stereocenters. The molecule has 0 aliphatic heterocycles. The van der Waals surface area contributed by atoms with Crippen molar-refractivity contribution in [3.63, 3.8) is 0 Å². The van der Waals surface area contributed by atoms with Gasteiger partial charge in [0.2, 0.25) is 0 Å². The van der Waals surface area contributed by atoms with Crippen molar-refractivity contribution < 1.29 is 14.1 Å². The fraction of sp³-hybridized carbons (Fsp3) is 0.0833. The number of nitrogens with one attached hydrogen (secondary N) is 1. The van der Waals surface area contributed by atoms with Crippen LogP contribution in [0.1, 0.15) is 0 Å². The van der Waals surface area contributed by atoms with Crippen molar-refractivity contribution in [3.8, 4) is 11.6 Å². The number of anilines is 1. The second-order valence-electron chi connectivity index (χ2n) is 3.70. The van der Waals surface area contributed by atoms with Crippen molar-refractivity contribution in [1.29, 1.82) is 0 Å². The fourth-order valence-electron chi connectivity index (χ4n) is 1.45. The lowest BCUT2D eigenvalue weighted by Crippen LogP contribution is -1.99. The number of nitro groups is 1. The summed E-state index contributed by atoms with van der Waals surface area (Å²) in [6.07, 6.45) is 0. The average Bonchev–Trinajstić information content (AvgIpc) is 2.41. The van der Waals surface area contributed by atoms with Gasteiger partial charge in [-0.3, -0.25) is 10.1 Å². The van der Waals surface area contributed by atoms with E-state index in [0.717, 1.165) is 0 Å². The van der Waals surface area contributed by atoms with Crippen LogP contribution in [-0.4, -0.2) is 17.0 Å². The smallest absolute Gasteiger partial charge is 0.331 e. The lowest BCUT2D eigenvalue weighted by molar-refractivity contribution is -0.386. The van der Waals surface area contributed by atoms with E-state index in [4.69, 9.17) is 4.74 Å². The van der Waals surface area contributed by atoms with E-state index < -0.39 is 10.7 Å². The van der Waals surface area contributed by atoms with Crippen LogP contribution >= 0.6 is 15.9 Å². The van der Waals surface area contributed by atoms with Gasteiger partial charge in [-0.1, -0.05) is 0 Å². The Morgan fingerprint density at radius 2 is 2.15 bits per heavy atom. The van der Waals surface area contributed by atoms with Crippen molar-refractivity contribution in [3.05, 3.63) is 50.7 Å². The van der Waals surface area contributed by atoms with Gasteiger partial charge in [-0.05, 0) is 40.2 Å². The van der Waals surface area contributed by atoms with E-state index >= 15 is 0 Å². The highest BCUT2D eigenvalue weighted by molar-refractivity contribution is 9.10. The minimum atomic E-state index is -0.598. The van der Waals surface area contributed by atoms with Crippen LogP contribution in [0.15, 0.2) is 34.8 Å². The largest absolute Gasteiger partial charge is 0.432 e. The molecule has 0 spiro atoms. The van der Waals surface area contributed by atoms with Gasteiger partial charge in [-0.15, -0.1) is 0 Å². The Hall–Kier alpha value is -2.22. The molecule has 8 heteroatoms. The molecule has 0 atom stereocenters. The summed E-state index contributed by atoms with van der Waals surface area (Å²) in [5.74, 6) is 0.0314. The molecule has 0 saturated carbocycles. The molecule has 0 saturated heterocycles. The predicted molar refractivity (Wildman–Crippen MR) is 74.6 cm³/mol. The van der Waals surface area contributed by atoms with Crippen LogP contribution in [0.3, 0.4) is 0 Å². The summed E-state index contributed by atoms with van der Waals surface area (Å²) >= 11 is 3.12. The molecule has 6 nitrogen and oxygen atoms in total. The van der Waals surface area contributed by atoms with E-state index in [1.807, 2.05) is 0 Å². The number of ether oxygens (including phenoxy) is 1. The fourth-order valence-corrected chi connectivity index (χ4v) is 1.88. The molecule has 2 rings (SSSR count). The summed E-state index contributed by atoms with van der Waals surface area (Å²) < 4.78 is 18.7. The zero-order chi connectivity index (χ0) is 14.7. The SMILES string of the molecule is CNc1ccc([N+](=O)[O-])c(Oc2ccc(F)cc2Br)n1. The van der Waals surface area contributed by atoms with E-state index in [9.17, 15) is 14.5 Å². The number of pyridine rings is 1. The summed E-state index contributed by atoms with van der Waals surface area (Å²) in [5, 5.41) is 13.7. The van der Waals surface area contributed by atoms with Crippen LogP contribution in [0.25, 0.3) is 0 Å². The third kappa shape index (κ3) is 3.02. The van der Waals surface area contributed by atoms with Gasteiger partial charge in [0.15, 0.2) is 0 Å². The first kappa shape index (κ1) is 14.2. The molecule has 104 valence electrons. The van der Waals surface area contributed by atoms with Crippen LogP contribution in [0.5, 0.6) is 11.6 Å². The van der Waals surface area contributed by atoms with Gasteiger partial charge in [0.1, 0.15) is 17.4 Å². The van der Waals surface area contributed by atoms with Crippen molar-refractivity contribution in [2.75, 3.05) is 12.4 Å². The second kappa shape index (κ2) is 5.83. The van der Waals surface area contributed by atoms with E-state index in [1.54, 1.807) is 7.05 Å². The first-order chi connectivity index (χ1) is 9.51. The molecule has 0 fully saturated rings. The number of halogens is 2. The molecular formula is C12H9BrFN3O3. The quantitative estimate of drug-likeness (QED) is 0.677. The molecule has 0 radical (unpaired) electrons. The minimum absolute atomic E-state index is 0.172. The van der Waals surface area contributed by atoms with Crippen LogP contribution < -0.4 is 10.1 Å². The van der Waals surface area contributed by atoms with Crippen LogP contribution in [0.2, 0.25) is 0 Å². The van der Waals surface area contributed by atoms with Gasteiger partial charge >= 0.3 is 11.6 Å². The molecule has 1 N–H and O–H groups in total. The van der Waals surface area contributed by atoms with Crippen molar-refractivity contribution >= 4 is 27.4 Å². The molecule has 0 aliphatic carbocycles. The highest BCUT2D eigenvalue weighted by Crippen LogP contribution is 2.34. The molecular weight excluding hydrogens is 333 g/mol. The molecule has 1 aromatic heterocycles. The zero-order valence-electron chi connectivity index (χ0n) is 10.3. The number of nitrogens with zero attached hydrogens (tertiary/aromatic N) is 2. The maximum absolute atomic E-state index is 13.0. The minimum Gasteiger partial charge on any atom is -0.432 e. The maximum Gasteiger partial charge on any atom is 0.331 e. The summed E-state index contributed by atoms with van der Waals surface area (Å²) in [6.45, 7) is 0. The normalized spacial score (nSPS) is 10.2. The Morgan fingerprint density at radius 3 is 2.75 bits per heavy atom. The van der Waals surface area contributed by atoms with E-state index in [-0.39, 0.29) is 17.3 Å². The summed E-state index contributed by atoms with van der Waals surface area (Å²) in [4.78, 5) is 14.3. The summed E-state index contributed by atoms with van der Waals surface area (Å²) in [6, 6.07) is 6.49. The van der Waals surface area contributed by atoms with Gasteiger partial charge in [0, 0.05) is 13.1 Å². The topological polar surface area (TPSA) is 77.3 Å². The van der Waals surface area contributed by atoms with E-state index in [2.05, 4.69) is 26.2 Å². The molecule has 0 amide bonds. The van der Waals surface area contributed by atoms with Crippen LogP contribution in [0.4, 0.5) is 15.9 Å². The predicted octanol–water partition coefficient (Wildman–Crippen LogP) is 3.73. The molecule has 0 bridgehead atoms. The van der Waals surface area contributed by atoms with Crippen LogP contribution in [0, 0.1) is 15.9 Å². The van der Waals surface area contributed by atoms with E-state index in [0.29, 0.717) is 10.3 Å². The lowest BCUT2D eigenvalue weighted by Gasteiger charge is -2.08. The van der Waals surface area contributed by atoms with Gasteiger partial charge in [-0.25, -0.2) is 4.39 Å². The van der Waals surface area contributed by atoms with Crippen LogP contribution in [-0.2, 0) is 0 Å². The standard InChI is InChI=1S/C12H9BrFN3O3/c1-15-11-5-3-9(17(18)19)12(16-11)20-10-4-2-7(14)6-8(10)13/h2-6H,1H3,(H,15,16). The van der Waals surface area contributed by atoms with Crippen molar-refractivity contribution in [1.82, 2.24) is 4.98 Å². The molecule has 1 heterocycles. The Labute approximate surface area is 121 Å². The number of hydrogen-bond acceptors (Lipinski definition) is 5. The Bertz CT molecular complexity index is 666. The Morgan fingerprint density at radius 1 is 1.40 bits per heavy atom. The number of rotatable bonds is 4. The lowest BCUT2D eigenvalue weighted by atomic mass is 10.3. The third-order valence-corrected chi connectivity index (χ3v) is 3.01. The second-order valence-corrected chi connectivity index (χ2v) is 4.56. The van der Waals surface area contributed by atoms with Gasteiger partial charge < -0.3 is 10.1 Å². The van der Waals surface area contributed by atoms with Gasteiger partial charge in [0.05, 0.1) is 9.40 Å². The van der Waals surface area contributed by atoms with Gasteiger partial charge in [0.25, 0.3) is 0 Å².